The Morgan fingerprint density at radius 2 is 1.64 bits per heavy atom. The summed E-state index contributed by atoms with van der Waals surface area (Å²) in [6.45, 7) is 2.72. The summed E-state index contributed by atoms with van der Waals surface area (Å²) in [6, 6.07) is 12.1. The molecule has 2 rings (SSSR count). The van der Waals surface area contributed by atoms with E-state index in [0.717, 1.165) is 0 Å². The molecule has 6 nitrogen and oxygen atoms in total. The van der Waals surface area contributed by atoms with E-state index in [9.17, 15) is 9.90 Å². The number of hydrogen-bond donors (Lipinski definition) is 1. The van der Waals surface area contributed by atoms with Crippen molar-refractivity contribution in [2.24, 2.45) is 0 Å². The number of allylic oxidation sites excluding steroid dienone is 1. The lowest BCUT2D eigenvalue weighted by Gasteiger charge is -2.14. The van der Waals surface area contributed by atoms with E-state index < -0.39 is 5.97 Å². The smallest absolute Gasteiger partial charge is 0.339 e. The molecule has 0 bridgehead atoms. The van der Waals surface area contributed by atoms with Crippen molar-refractivity contribution in [3.05, 3.63) is 64.4 Å². The second-order valence-corrected chi connectivity index (χ2v) is 6.28. The molecule has 0 aliphatic carbocycles. The lowest BCUT2D eigenvalue weighted by molar-refractivity contribution is -0.130. The Hall–Kier alpha value is -2.70. The van der Waals surface area contributed by atoms with Gasteiger partial charge in [-0.3, -0.25) is 0 Å². The molecule has 150 valence electrons. The molecule has 0 aliphatic rings. The minimum Gasteiger partial charge on any atom is -0.500 e. The van der Waals surface area contributed by atoms with Gasteiger partial charge in [-0.2, -0.15) is 0 Å². The molecule has 0 fully saturated rings. The van der Waals surface area contributed by atoms with E-state index in [4.69, 9.17) is 30.5 Å². The molecule has 0 amide bonds. The Kier molecular flexibility index (Phi) is 8.17. The fraction of sp³-hybridized carbons (Fsp3) is 0.286. The number of carboxylic acid groups (broad SMARTS) is 1. The van der Waals surface area contributed by atoms with E-state index in [-0.39, 0.29) is 12.2 Å². The number of carbonyl (C=O) groups is 1. The van der Waals surface area contributed by atoms with Crippen LogP contribution in [0.15, 0.2) is 48.2 Å². The number of methoxy groups -OCH3 is 2. The van der Waals surface area contributed by atoms with Crippen molar-refractivity contribution in [3.63, 3.8) is 0 Å². The number of rotatable bonds is 10. The number of carboxylic acids is 1. The topological polar surface area (TPSA) is 74.2 Å². The predicted octanol–water partition coefficient (Wildman–Crippen LogP) is 4.41. The van der Waals surface area contributed by atoms with Gasteiger partial charge in [0.25, 0.3) is 0 Å². The Bertz CT molecular complexity index is 829. The molecule has 2 aromatic rings. The van der Waals surface area contributed by atoms with Crippen LogP contribution in [-0.4, -0.2) is 38.5 Å². The zero-order valence-electron chi connectivity index (χ0n) is 16.0. The fourth-order valence-corrected chi connectivity index (χ4v) is 2.71. The van der Waals surface area contributed by atoms with E-state index in [2.05, 4.69) is 0 Å². The van der Waals surface area contributed by atoms with Crippen LogP contribution in [0.1, 0.15) is 18.1 Å². The van der Waals surface area contributed by atoms with Gasteiger partial charge in [0.2, 0.25) is 0 Å². The van der Waals surface area contributed by atoms with Gasteiger partial charge in [0.1, 0.15) is 36.0 Å². The van der Waals surface area contributed by atoms with Crippen LogP contribution in [0.25, 0.3) is 5.57 Å². The first-order valence-electron chi connectivity index (χ1n) is 8.57. The fourth-order valence-electron chi connectivity index (χ4n) is 2.52. The standard InChI is InChI=1S/C21H23ClO6/c1-14(26-3)20(21(23)24)19-9-4-16(22)12-15(19)13-28-18-7-5-17(6-8-18)27-11-10-25-2/h4-9,12H,10-11,13H2,1-3H3,(H,23,24). The van der Waals surface area contributed by atoms with Crippen molar-refractivity contribution in [1.82, 2.24) is 0 Å². The van der Waals surface area contributed by atoms with Gasteiger partial charge in [0.05, 0.1) is 13.7 Å². The summed E-state index contributed by atoms with van der Waals surface area (Å²) in [5.74, 6) is 0.545. The summed E-state index contributed by atoms with van der Waals surface area (Å²) < 4.78 is 21.4. The van der Waals surface area contributed by atoms with Crippen LogP contribution < -0.4 is 9.47 Å². The highest BCUT2D eigenvalue weighted by atomic mass is 35.5. The maximum Gasteiger partial charge on any atom is 0.339 e. The SMILES string of the molecule is COCCOc1ccc(OCc2cc(Cl)ccc2C(C(=O)O)=C(C)OC)cc1. The van der Waals surface area contributed by atoms with Crippen LogP contribution in [-0.2, 0) is 20.9 Å². The molecular formula is C21H23ClO6. The molecule has 0 saturated heterocycles. The van der Waals surface area contributed by atoms with Gasteiger partial charge in [0, 0.05) is 12.1 Å². The molecule has 28 heavy (non-hydrogen) atoms. The molecule has 0 saturated carbocycles. The largest absolute Gasteiger partial charge is 0.500 e. The van der Waals surface area contributed by atoms with Crippen molar-refractivity contribution in [1.29, 1.82) is 0 Å². The van der Waals surface area contributed by atoms with Gasteiger partial charge >= 0.3 is 5.97 Å². The summed E-state index contributed by atoms with van der Waals surface area (Å²) in [7, 11) is 3.05. The number of halogens is 1. The molecule has 0 radical (unpaired) electrons. The molecule has 7 heteroatoms. The average Bonchev–Trinajstić information content (AvgIpc) is 2.68. The minimum absolute atomic E-state index is 0.0691. The minimum atomic E-state index is -1.08. The first-order chi connectivity index (χ1) is 13.5. The maximum atomic E-state index is 11.7. The third kappa shape index (κ3) is 5.90. The van der Waals surface area contributed by atoms with Gasteiger partial charge in [0.15, 0.2) is 0 Å². The van der Waals surface area contributed by atoms with Crippen molar-refractivity contribution < 1.29 is 28.8 Å². The van der Waals surface area contributed by atoms with Crippen LogP contribution in [0.3, 0.4) is 0 Å². The van der Waals surface area contributed by atoms with E-state index in [0.29, 0.717) is 46.6 Å². The molecule has 0 spiro atoms. The summed E-state index contributed by atoms with van der Waals surface area (Å²) >= 11 is 6.10. The Morgan fingerprint density at radius 3 is 2.21 bits per heavy atom. The summed E-state index contributed by atoms with van der Waals surface area (Å²) in [5, 5.41) is 10.1. The number of ether oxygens (including phenoxy) is 4. The average molecular weight is 407 g/mol. The van der Waals surface area contributed by atoms with E-state index in [1.54, 1.807) is 56.5 Å². The first-order valence-corrected chi connectivity index (χ1v) is 8.95. The van der Waals surface area contributed by atoms with Gasteiger partial charge in [-0.15, -0.1) is 0 Å². The van der Waals surface area contributed by atoms with Crippen molar-refractivity contribution in [2.45, 2.75) is 13.5 Å². The van der Waals surface area contributed by atoms with Gasteiger partial charge in [-0.05, 0) is 54.4 Å². The van der Waals surface area contributed by atoms with E-state index in [1.165, 1.54) is 7.11 Å². The maximum absolute atomic E-state index is 11.7. The molecule has 0 atom stereocenters. The van der Waals surface area contributed by atoms with Gasteiger partial charge in [-0.1, -0.05) is 17.7 Å². The molecule has 2 aromatic carbocycles. The van der Waals surface area contributed by atoms with Crippen LogP contribution >= 0.6 is 11.6 Å². The monoisotopic (exact) mass is 406 g/mol. The highest BCUT2D eigenvalue weighted by Gasteiger charge is 2.19. The van der Waals surface area contributed by atoms with Crippen LogP contribution in [0.4, 0.5) is 0 Å². The van der Waals surface area contributed by atoms with Gasteiger partial charge in [-0.25, -0.2) is 4.79 Å². The van der Waals surface area contributed by atoms with Crippen molar-refractivity contribution >= 4 is 23.1 Å². The molecule has 0 heterocycles. The van der Waals surface area contributed by atoms with Crippen molar-refractivity contribution in [3.8, 4) is 11.5 Å². The third-order valence-electron chi connectivity index (χ3n) is 3.98. The number of benzene rings is 2. The quantitative estimate of drug-likeness (QED) is 0.358. The van der Waals surface area contributed by atoms with Crippen LogP contribution in [0.2, 0.25) is 5.02 Å². The molecule has 0 aromatic heterocycles. The van der Waals surface area contributed by atoms with E-state index in [1.807, 2.05) is 0 Å². The van der Waals surface area contributed by atoms with E-state index >= 15 is 0 Å². The molecule has 1 N–H and O–H groups in total. The summed E-state index contributed by atoms with van der Waals surface area (Å²) in [6.07, 6.45) is 0. The van der Waals surface area contributed by atoms with Crippen molar-refractivity contribution in [2.75, 3.05) is 27.4 Å². The Morgan fingerprint density at radius 1 is 1.00 bits per heavy atom. The number of aliphatic carboxylic acids is 1. The van der Waals surface area contributed by atoms with Gasteiger partial charge < -0.3 is 24.1 Å². The predicted molar refractivity (Wildman–Crippen MR) is 107 cm³/mol. The molecular weight excluding hydrogens is 384 g/mol. The highest BCUT2D eigenvalue weighted by Crippen LogP contribution is 2.28. The third-order valence-corrected chi connectivity index (χ3v) is 4.22. The zero-order valence-corrected chi connectivity index (χ0v) is 16.8. The zero-order chi connectivity index (χ0) is 20.5. The van der Waals surface area contributed by atoms with Crippen LogP contribution in [0.5, 0.6) is 11.5 Å². The van der Waals surface area contributed by atoms with Crippen LogP contribution in [0, 0.1) is 0 Å². The Balaban J connectivity index is 2.18. The highest BCUT2D eigenvalue weighted by molar-refractivity contribution is 6.30. The summed E-state index contributed by atoms with van der Waals surface area (Å²) in [5.41, 5.74) is 1.21. The lowest BCUT2D eigenvalue weighted by Crippen LogP contribution is -2.08. The Labute approximate surface area is 169 Å². The second-order valence-electron chi connectivity index (χ2n) is 5.84. The molecule has 0 unspecified atom stereocenters. The number of hydrogen-bond acceptors (Lipinski definition) is 5. The normalized spacial score (nSPS) is 11.6. The second kappa shape index (κ2) is 10.6. The lowest BCUT2D eigenvalue weighted by atomic mass is 9.99. The molecule has 0 aliphatic heterocycles. The summed E-state index contributed by atoms with van der Waals surface area (Å²) in [4.78, 5) is 11.7. The first kappa shape index (κ1) is 21.6.